The quantitative estimate of drug-likeness (QED) is 0.337. The molecule has 0 amide bonds. The highest BCUT2D eigenvalue weighted by Crippen LogP contribution is 2.40. The molecule has 4 aromatic rings. The summed E-state index contributed by atoms with van der Waals surface area (Å²) in [6.07, 6.45) is 5.01. The van der Waals surface area contributed by atoms with Crippen LogP contribution in [-0.4, -0.2) is 21.4 Å². The number of rotatable bonds is 3. The van der Waals surface area contributed by atoms with Crippen LogP contribution in [0.3, 0.4) is 0 Å². The maximum absolute atomic E-state index is 13.6. The highest BCUT2D eigenvalue weighted by molar-refractivity contribution is 6.35. The van der Waals surface area contributed by atoms with Gasteiger partial charge in [-0.2, -0.15) is 5.10 Å². The van der Waals surface area contributed by atoms with Crippen molar-refractivity contribution >= 4 is 33.3 Å². The second kappa shape index (κ2) is 7.64. The van der Waals surface area contributed by atoms with Gasteiger partial charge in [0.15, 0.2) is 6.23 Å². The molecule has 5 rings (SSSR count). The Kier molecular flexibility index (Phi) is 4.95. The molecule has 4 nitrogen and oxygen atoms in total. The van der Waals surface area contributed by atoms with Crippen molar-refractivity contribution < 1.29 is 9.13 Å². The summed E-state index contributed by atoms with van der Waals surface area (Å²) in [5, 5.41) is 7.99. The van der Waals surface area contributed by atoms with Crippen LogP contribution in [0.4, 0.5) is 4.39 Å². The second-order valence-electron chi connectivity index (χ2n) is 8.19. The van der Waals surface area contributed by atoms with E-state index in [-0.39, 0.29) is 18.0 Å². The maximum Gasteiger partial charge on any atom is 0.150 e. The topological polar surface area (TPSA) is 39.9 Å². The standard InChI is InChI=1S/C24H23ClFN3O/c1-14(2)23-22(15-6-8-17(26)9-7-15)18-11-16-13-27-29(21-5-3-4-10-30-21)20(16)12-19(18)24(25)28-23/h6-9,11-14,21H,3-5,10H2,1-2H3. The summed E-state index contributed by atoms with van der Waals surface area (Å²) in [6.45, 7) is 4.94. The lowest BCUT2D eigenvalue weighted by Gasteiger charge is -2.23. The number of aromatic nitrogens is 3. The third-order valence-electron chi connectivity index (χ3n) is 5.81. The highest BCUT2D eigenvalue weighted by Gasteiger charge is 2.22. The van der Waals surface area contributed by atoms with Crippen molar-refractivity contribution in [3.63, 3.8) is 0 Å². The summed E-state index contributed by atoms with van der Waals surface area (Å²) in [5.41, 5.74) is 3.81. The number of pyridine rings is 1. The van der Waals surface area contributed by atoms with Crippen molar-refractivity contribution in [1.82, 2.24) is 14.8 Å². The Morgan fingerprint density at radius 2 is 1.93 bits per heavy atom. The van der Waals surface area contributed by atoms with Gasteiger partial charge in [-0.3, -0.25) is 0 Å². The van der Waals surface area contributed by atoms with Crippen LogP contribution in [0.25, 0.3) is 32.8 Å². The highest BCUT2D eigenvalue weighted by atomic mass is 35.5. The number of nitrogens with zero attached hydrogens (tertiary/aromatic N) is 3. The first kappa shape index (κ1) is 19.5. The van der Waals surface area contributed by atoms with E-state index in [0.717, 1.165) is 64.4 Å². The van der Waals surface area contributed by atoms with Gasteiger partial charge in [-0.15, -0.1) is 0 Å². The van der Waals surface area contributed by atoms with E-state index in [1.54, 1.807) is 12.1 Å². The zero-order valence-electron chi connectivity index (χ0n) is 17.0. The van der Waals surface area contributed by atoms with Crippen molar-refractivity contribution in [3.8, 4) is 11.1 Å². The number of hydrogen-bond donors (Lipinski definition) is 0. The lowest BCUT2D eigenvalue weighted by molar-refractivity contribution is -0.0366. The van der Waals surface area contributed by atoms with Gasteiger partial charge in [-0.25, -0.2) is 14.1 Å². The third kappa shape index (κ3) is 3.26. The van der Waals surface area contributed by atoms with Gasteiger partial charge in [-0.1, -0.05) is 37.6 Å². The van der Waals surface area contributed by atoms with Crippen LogP contribution in [-0.2, 0) is 4.74 Å². The number of fused-ring (bicyclic) bond motifs is 2. The van der Waals surface area contributed by atoms with Crippen LogP contribution in [0.2, 0.25) is 5.15 Å². The van der Waals surface area contributed by atoms with E-state index in [1.165, 1.54) is 12.1 Å². The van der Waals surface area contributed by atoms with Crippen LogP contribution in [0.15, 0.2) is 42.6 Å². The van der Waals surface area contributed by atoms with E-state index in [4.69, 9.17) is 21.3 Å². The van der Waals surface area contributed by atoms with Gasteiger partial charge in [0.05, 0.1) is 17.4 Å². The van der Waals surface area contributed by atoms with E-state index >= 15 is 0 Å². The molecule has 0 spiro atoms. The monoisotopic (exact) mass is 423 g/mol. The van der Waals surface area contributed by atoms with Gasteiger partial charge < -0.3 is 4.74 Å². The summed E-state index contributed by atoms with van der Waals surface area (Å²) in [6, 6.07) is 10.7. The lowest BCUT2D eigenvalue weighted by atomic mass is 9.92. The minimum atomic E-state index is -0.257. The predicted octanol–water partition coefficient (Wildman–Crippen LogP) is 6.87. The Hall–Kier alpha value is -2.50. The molecule has 3 heterocycles. The predicted molar refractivity (Wildman–Crippen MR) is 118 cm³/mol. The molecular weight excluding hydrogens is 401 g/mol. The first-order chi connectivity index (χ1) is 14.5. The SMILES string of the molecule is CC(C)c1nc(Cl)c2cc3c(cnn3C3CCCCO3)cc2c1-c1ccc(F)cc1. The van der Waals surface area contributed by atoms with Crippen LogP contribution in [0.1, 0.15) is 50.9 Å². The summed E-state index contributed by atoms with van der Waals surface area (Å²) >= 11 is 6.66. The molecule has 154 valence electrons. The smallest absolute Gasteiger partial charge is 0.150 e. The maximum atomic E-state index is 13.6. The molecule has 0 saturated carbocycles. The van der Waals surface area contributed by atoms with Crippen molar-refractivity contribution in [2.75, 3.05) is 6.61 Å². The van der Waals surface area contributed by atoms with Crippen LogP contribution < -0.4 is 0 Å². The molecule has 0 aliphatic carbocycles. The number of benzene rings is 2. The molecule has 0 bridgehead atoms. The van der Waals surface area contributed by atoms with Crippen molar-refractivity contribution in [1.29, 1.82) is 0 Å². The average molecular weight is 424 g/mol. The number of hydrogen-bond acceptors (Lipinski definition) is 3. The Bertz CT molecular complexity index is 1230. The Morgan fingerprint density at radius 3 is 2.63 bits per heavy atom. The molecule has 1 fully saturated rings. The minimum Gasteiger partial charge on any atom is -0.356 e. The van der Waals surface area contributed by atoms with Gasteiger partial charge >= 0.3 is 0 Å². The summed E-state index contributed by atoms with van der Waals surface area (Å²) in [5.74, 6) is -0.0896. The Labute approximate surface area is 179 Å². The van der Waals surface area contributed by atoms with E-state index in [1.807, 2.05) is 10.9 Å². The molecule has 2 aromatic heterocycles. The molecule has 1 aliphatic rings. The summed E-state index contributed by atoms with van der Waals surface area (Å²) < 4.78 is 21.5. The van der Waals surface area contributed by atoms with Crippen LogP contribution in [0, 0.1) is 5.82 Å². The molecule has 1 aliphatic heterocycles. The normalized spacial score (nSPS) is 17.3. The number of ether oxygens (including phenoxy) is 1. The van der Waals surface area contributed by atoms with Gasteiger partial charge in [0, 0.05) is 22.9 Å². The van der Waals surface area contributed by atoms with Gasteiger partial charge in [-0.05, 0) is 60.4 Å². The Morgan fingerprint density at radius 1 is 1.13 bits per heavy atom. The van der Waals surface area contributed by atoms with E-state index in [2.05, 4.69) is 31.1 Å². The first-order valence-corrected chi connectivity index (χ1v) is 10.8. The van der Waals surface area contributed by atoms with Crippen LogP contribution >= 0.6 is 11.6 Å². The zero-order chi connectivity index (χ0) is 20.8. The van der Waals surface area contributed by atoms with Crippen molar-refractivity contribution in [2.45, 2.75) is 45.3 Å². The van der Waals surface area contributed by atoms with E-state index in [0.29, 0.717) is 5.15 Å². The molecular formula is C24H23ClFN3O. The molecule has 2 aromatic carbocycles. The first-order valence-electron chi connectivity index (χ1n) is 10.4. The molecule has 30 heavy (non-hydrogen) atoms. The lowest BCUT2D eigenvalue weighted by Crippen LogP contribution is -2.18. The largest absolute Gasteiger partial charge is 0.356 e. The second-order valence-corrected chi connectivity index (χ2v) is 8.55. The third-order valence-corrected chi connectivity index (χ3v) is 6.10. The molecule has 1 unspecified atom stereocenters. The summed E-state index contributed by atoms with van der Waals surface area (Å²) in [4.78, 5) is 4.74. The van der Waals surface area contributed by atoms with Crippen molar-refractivity contribution in [3.05, 3.63) is 59.3 Å². The number of halogens is 2. The molecule has 0 radical (unpaired) electrons. The fourth-order valence-electron chi connectivity index (χ4n) is 4.31. The average Bonchev–Trinajstić information content (AvgIpc) is 3.17. The van der Waals surface area contributed by atoms with E-state index < -0.39 is 0 Å². The molecule has 1 saturated heterocycles. The summed E-state index contributed by atoms with van der Waals surface area (Å²) in [7, 11) is 0. The Balaban J connectivity index is 1.78. The van der Waals surface area contributed by atoms with E-state index in [9.17, 15) is 4.39 Å². The van der Waals surface area contributed by atoms with Gasteiger partial charge in [0.2, 0.25) is 0 Å². The molecule has 0 N–H and O–H groups in total. The fraction of sp³-hybridized carbons (Fsp3) is 0.333. The van der Waals surface area contributed by atoms with Crippen LogP contribution in [0.5, 0.6) is 0 Å². The van der Waals surface area contributed by atoms with Gasteiger partial charge in [0.25, 0.3) is 0 Å². The minimum absolute atomic E-state index is 0.0491. The van der Waals surface area contributed by atoms with Crippen molar-refractivity contribution in [2.24, 2.45) is 0 Å². The zero-order valence-corrected chi connectivity index (χ0v) is 17.8. The molecule has 1 atom stereocenters. The van der Waals surface area contributed by atoms with Gasteiger partial charge in [0.1, 0.15) is 11.0 Å². The fourth-order valence-corrected chi connectivity index (χ4v) is 4.56. The molecule has 6 heteroatoms.